The van der Waals surface area contributed by atoms with Crippen LogP contribution in [0, 0.1) is 0 Å². The van der Waals surface area contributed by atoms with Crippen LogP contribution in [0.2, 0.25) is 0 Å². The van der Waals surface area contributed by atoms with Crippen molar-refractivity contribution in [3.8, 4) is 0 Å². The molecule has 0 bridgehead atoms. The molecule has 1 nitrogen and oxygen atoms in total. The minimum atomic E-state index is 0.457. The van der Waals surface area contributed by atoms with Gasteiger partial charge in [-0.25, -0.2) is 0 Å². The molecular weight excluding hydrogens is 306 g/mol. The lowest BCUT2D eigenvalue weighted by atomic mass is 10.0. The molecule has 1 aromatic heterocycles. The molecule has 0 saturated heterocycles. The van der Waals surface area contributed by atoms with Crippen molar-refractivity contribution in [3.63, 3.8) is 0 Å². The topological polar surface area (TPSA) is 12.0 Å². The highest BCUT2D eigenvalue weighted by Gasteiger charge is 2.08. The fourth-order valence-electron chi connectivity index (χ4n) is 2.02. The van der Waals surface area contributed by atoms with E-state index in [1.54, 1.807) is 0 Å². The number of hydrogen-bond acceptors (Lipinski definition) is 2. The lowest BCUT2D eigenvalue weighted by Crippen LogP contribution is -2.22. The monoisotopic (exact) mass is 323 g/mol. The van der Waals surface area contributed by atoms with E-state index in [9.17, 15) is 0 Å². The number of benzene rings is 1. The van der Waals surface area contributed by atoms with Crippen LogP contribution in [0.15, 0.2) is 46.3 Å². The lowest BCUT2D eigenvalue weighted by Gasteiger charge is -2.17. The van der Waals surface area contributed by atoms with E-state index in [0.29, 0.717) is 6.04 Å². The van der Waals surface area contributed by atoms with Crippen LogP contribution in [-0.2, 0) is 6.42 Å². The molecule has 0 fully saturated rings. The highest BCUT2D eigenvalue weighted by Crippen LogP contribution is 2.19. The van der Waals surface area contributed by atoms with E-state index in [-0.39, 0.29) is 0 Å². The maximum absolute atomic E-state index is 3.63. The molecule has 0 aliphatic carbocycles. The summed E-state index contributed by atoms with van der Waals surface area (Å²) >= 11 is 5.31. The summed E-state index contributed by atoms with van der Waals surface area (Å²) in [5, 5.41) is 5.78. The molecule has 3 heteroatoms. The molecule has 0 saturated carbocycles. The predicted octanol–water partition coefficient (Wildman–Crippen LogP) is 4.79. The zero-order chi connectivity index (χ0) is 12.8. The Morgan fingerprint density at radius 1 is 1.22 bits per heavy atom. The molecule has 96 valence electrons. The van der Waals surface area contributed by atoms with Crippen molar-refractivity contribution in [3.05, 3.63) is 56.7 Å². The van der Waals surface area contributed by atoms with E-state index in [1.807, 2.05) is 11.3 Å². The van der Waals surface area contributed by atoms with E-state index >= 15 is 0 Å². The molecule has 1 heterocycles. The number of hydrogen-bond donors (Lipinski definition) is 1. The van der Waals surface area contributed by atoms with E-state index in [0.717, 1.165) is 23.9 Å². The molecular formula is C15H18BrNS. The van der Waals surface area contributed by atoms with Gasteiger partial charge in [0.25, 0.3) is 0 Å². The van der Waals surface area contributed by atoms with Gasteiger partial charge in [-0.15, -0.1) is 11.3 Å². The van der Waals surface area contributed by atoms with Crippen LogP contribution in [0.5, 0.6) is 0 Å². The summed E-state index contributed by atoms with van der Waals surface area (Å²) in [6.07, 6.45) is 2.23. The summed E-state index contributed by atoms with van der Waals surface area (Å²) in [7, 11) is 0. The smallest absolute Gasteiger partial charge is 0.0317 e. The van der Waals surface area contributed by atoms with E-state index in [2.05, 4.69) is 69.9 Å². The van der Waals surface area contributed by atoms with Crippen molar-refractivity contribution in [2.24, 2.45) is 0 Å². The third kappa shape index (κ3) is 3.94. The largest absolute Gasteiger partial charge is 0.310 e. The van der Waals surface area contributed by atoms with Crippen molar-refractivity contribution >= 4 is 27.3 Å². The summed E-state index contributed by atoms with van der Waals surface area (Å²) < 4.78 is 1.14. The Labute approximate surface area is 121 Å². The number of nitrogens with one attached hydrogen (secondary N) is 1. The number of thiophene rings is 1. The van der Waals surface area contributed by atoms with Gasteiger partial charge in [-0.05, 0) is 42.0 Å². The van der Waals surface area contributed by atoms with Gasteiger partial charge in [-0.3, -0.25) is 0 Å². The first-order valence-corrected chi connectivity index (χ1v) is 7.98. The molecule has 0 aliphatic rings. The van der Waals surface area contributed by atoms with Crippen molar-refractivity contribution < 1.29 is 0 Å². The minimum Gasteiger partial charge on any atom is -0.310 e. The standard InChI is InChI=1S/C15H18BrNS/c1-2-15(12-5-7-13(16)8-6-12)17-10-9-14-4-3-11-18-14/h3-8,11,15,17H,2,9-10H2,1H3. The quantitative estimate of drug-likeness (QED) is 0.805. The lowest BCUT2D eigenvalue weighted by molar-refractivity contribution is 0.524. The van der Waals surface area contributed by atoms with E-state index in [1.165, 1.54) is 10.4 Å². The first-order chi connectivity index (χ1) is 8.79. The van der Waals surface area contributed by atoms with Crippen LogP contribution in [-0.4, -0.2) is 6.54 Å². The van der Waals surface area contributed by atoms with Gasteiger partial charge < -0.3 is 5.32 Å². The van der Waals surface area contributed by atoms with Crippen LogP contribution < -0.4 is 5.32 Å². The van der Waals surface area contributed by atoms with Crippen molar-refractivity contribution in [2.75, 3.05) is 6.54 Å². The molecule has 18 heavy (non-hydrogen) atoms. The Morgan fingerprint density at radius 3 is 2.61 bits per heavy atom. The average molecular weight is 324 g/mol. The van der Waals surface area contributed by atoms with Crippen LogP contribution >= 0.6 is 27.3 Å². The van der Waals surface area contributed by atoms with E-state index < -0.39 is 0 Å². The predicted molar refractivity (Wildman–Crippen MR) is 83.2 cm³/mol. The minimum absolute atomic E-state index is 0.457. The van der Waals surface area contributed by atoms with Crippen LogP contribution in [0.1, 0.15) is 29.8 Å². The number of rotatable bonds is 6. The second-order valence-electron chi connectivity index (χ2n) is 4.30. The van der Waals surface area contributed by atoms with Gasteiger partial charge in [0.15, 0.2) is 0 Å². The Balaban J connectivity index is 1.87. The first kappa shape index (κ1) is 13.8. The second-order valence-corrected chi connectivity index (χ2v) is 6.24. The molecule has 1 aromatic carbocycles. The molecule has 0 amide bonds. The molecule has 1 N–H and O–H groups in total. The summed E-state index contributed by atoms with van der Waals surface area (Å²) in [5.74, 6) is 0. The molecule has 1 unspecified atom stereocenters. The maximum atomic E-state index is 3.63. The van der Waals surface area contributed by atoms with Crippen molar-refractivity contribution in [1.29, 1.82) is 0 Å². The highest BCUT2D eigenvalue weighted by atomic mass is 79.9. The van der Waals surface area contributed by atoms with Crippen LogP contribution in [0.4, 0.5) is 0 Å². The van der Waals surface area contributed by atoms with Crippen molar-refractivity contribution in [1.82, 2.24) is 5.32 Å². The highest BCUT2D eigenvalue weighted by molar-refractivity contribution is 9.10. The number of halogens is 1. The van der Waals surface area contributed by atoms with Gasteiger partial charge in [0.2, 0.25) is 0 Å². The van der Waals surface area contributed by atoms with Gasteiger partial charge in [0.05, 0.1) is 0 Å². The summed E-state index contributed by atoms with van der Waals surface area (Å²) in [4.78, 5) is 1.45. The van der Waals surface area contributed by atoms with Crippen LogP contribution in [0.25, 0.3) is 0 Å². The Morgan fingerprint density at radius 2 is 2.00 bits per heavy atom. The fraction of sp³-hybridized carbons (Fsp3) is 0.333. The Kier molecular flexibility index (Phi) is 5.42. The third-order valence-electron chi connectivity index (χ3n) is 3.02. The van der Waals surface area contributed by atoms with E-state index in [4.69, 9.17) is 0 Å². The van der Waals surface area contributed by atoms with Gasteiger partial charge in [0, 0.05) is 21.9 Å². The molecule has 0 aliphatic heterocycles. The SMILES string of the molecule is CCC(NCCc1cccs1)c1ccc(Br)cc1. The van der Waals surface area contributed by atoms with Gasteiger partial charge in [0.1, 0.15) is 0 Å². The van der Waals surface area contributed by atoms with Crippen LogP contribution in [0.3, 0.4) is 0 Å². The molecule has 0 spiro atoms. The fourth-order valence-corrected chi connectivity index (χ4v) is 2.99. The normalized spacial score (nSPS) is 12.6. The Bertz CT molecular complexity index is 450. The maximum Gasteiger partial charge on any atom is 0.0317 e. The zero-order valence-electron chi connectivity index (χ0n) is 10.5. The summed E-state index contributed by atoms with van der Waals surface area (Å²) in [6.45, 7) is 3.26. The van der Waals surface area contributed by atoms with Gasteiger partial charge in [-0.2, -0.15) is 0 Å². The van der Waals surface area contributed by atoms with Gasteiger partial charge >= 0.3 is 0 Å². The van der Waals surface area contributed by atoms with Gasteiger partial charge in [-0.1, -0.05) is 41.1 Å². The molecule has 1 atom stereocenters. The zero-order valence-corrected chi connectivity index (χ0v) is 12.9. The average Bonchev–Trinajstić information content (AvgIpc) is 2.89. The summed E-state index contributed by atoms with van der Waals surface area (Å²) in [6, 6.07) is 13.4. The summed E-state index contributed by atoms with van der Waals surface area (Å²) in [5.41, 5.74) is 1.37. The third-order valence-corrected chi connectivity index (χ3v) is 4.49. The first-order valence-electron chi connectivity index (χ1n) is 6.31. The molecule has 2 rings (SSSR count). The Hall–Kier alpha value is -0.640. The molecule has 0 radical (unpaired) electrons. The second kappa shape index (κ2) is 7.07. The van der Waals surface area contributed by atoms with Crippen molar-refractivity contribution in [2.45, 2.75) is 25.8 Å². The molecule has 2 aromatic rings.